The van der Waals surface area contributed by atoms with Crippen LogP contribution in [0.3, 0.4) is 0 Å². The molecule has 0 atom stereocenters. The van der Waals surface area contributed by atoms with Crippen LogP contribution in [0.4, 0.5) is 4.39 Å². The first-order valence-electron chi connectivity index (χ1n) is 10.00. The largest absolute Gasteiger partial charge is 0.251 e. The van der Waals surface area contributed by atoms with E-state index in [-0.39, 0.29) is 6.67 Å². The summed E-state index contributed by atoms with van der Waals surface area (Å²) in [5.41, 5.74) is 8.36. The molecule has 1 saturated carbocycles. The summed E-state index contributed by atoms with van der Waals surface area (Å²) in [4.78, 5) is 0. The van der Waals surface area contributed by atoms with Crippen molar-refractivity contribution in [3.05, 3.63) is 35.4 Å². The summed E-state index contributed by atoms with van der Waals surface area (Å²) in [7, 11) is -1.67. The van der Waals surface area contributed by atoms with Crippen molar-refractivity contribution in [2.75, 3.05) is 6.67 Å². The maximum absolute atomic E-state index is 12.5. The van der Waals surface area contributed by atoms with Crippen LogP contribution < -0.4 is 0 Å². The van der Waals surface area contributed by atoms with Crippen molar-refractivity contribution in [2.45, 2.75) is 83.3 Å². The van der Waals surface area contributed by atoms with Gasteiger partial charge in [-0.2, -0.15) is 0 Å². The van der Waals surface area contributed by atoms with Crippen LogP contribution in [0.2, 0.25) is 16.6 Å². The van der Waals surface area contributed by atoms with Crippen molar-refractivity contribution in [3.8, 4) is 11.5 Å². The zero-order valence-electron chi connectivity index (χ0n) is 16.9. The fraction of sp³-hybridized carbons (Fsp3) is 0.652. The summed E-state index contributed by atoms with van der Waals surface area (Å²) in [5.74, 6) is 4.76. The molecule has 1 aromatic rings. The number of benzene rings is 1. The topological polar surface area (TPSA) is 0 Å². The molecule has 0 heterocycles. The second-order valence-electron chi connectivity index (χ2n) is 8.78. The maximum Gasteiger partial charge on any atom is 0.146 e. The Labute approximate surface area is 155 Å². The van der Waals surface area contributed by atoms with E-state index in [1.807, 2.05) is 0 Å². The fourth-order valence-electron chi connectivity index (χ4n) is 4.88. The van der Waals surface area contributed by atoms with Gasteiger partial charge in [0, 0.05) is 5.56 Å². The minimum atomic E-state index is -1.67. The minimum absolute atomic E-state index is 0.171. The molecule has 0 bridgehead atoms. The molecule has 0 unspecified atom stereocenters. The Morgan fingerprint density at radius 3 is 2.16 bits per heavy atom. The molecule has 25 heavy (non-hydrogen) atoms. The Kier molecular flexibility index (Phi) is 6.91. The first-order chi connectivity index (χ1) is 11.8. The van der Waals surface area contributed by atoms with Crippen LogP contribution in [0, 0.1) is 17.4 Å². The molecule has 1 aliphatic rings. The van der Waals surface area contributed by atoms with Crippen molar-refractivity contribution in [3.63, 3.8) is 0 Å². The average Bonchev–Trinajstić information content (AvgIpc) is 2.50. The van der Waals surface area contributed by atoms with Gasteiger partial charge in [0.05, 0.1) is 6.67 Å². The van der Waals surface area contributed by atoms with Crippen LogP contribution in [0.25, 0.3) is 0 Å². The summed E-state index contributed by atoms with van der Waals surface area (Å²) in [5, 5.41) is 0. The lowest BCUT2D eigenvalue weighted by atomic mass is 9.70. The van der Waals surface area contributed by atoms with Gasteiger partial charge in [-0.15, -0.1) is 5.54 Å². The van der Waals surface area contributed by atoms with E-state index >= 15 is 0 Å². The molecule has 1 fully saturated rings. The van der Waals surface area contributed by atoms with Gasteiger partial charge in [-0.1, -0.05) is 59.6 Å². The maximum atomic E-state index is 12.5. The number of alkyl halides is 1. The molecule has 2 rings (SSSR count). The molecule has 0 spiro atoms. The molecular formula is C23H35FSi. The Morgan fingerprint density at radius 2 is 1.64 bits per heavy atom. The first-order valence-corrected chi connectivity index (χ1v) is 12.2. The van der Waals surface area contributed by atoms with E-state index in [2.05, 4.69) is 77.3 Å². The van der Waals surface area contributed by atoms with Gasteiger partial charge < -0.3 is 0 Å². The van der Waals surface area contributed by atoms with Gasteiger partial charge in [-0.25, -0.2) is 0 Å². The van der Waals surface area contributed by atoms with Crippen molar-refractivity contribution in [1.82, 2.24) is 0 Å². The molecule has 0 amide bonds. The van der Waals surface area contributed by atoms with Gasteiger partial charge in [-0.3, -0.25) is 4.39 Å². The lowest BCUT2D eigenvalue weighted by Gasteiger charge is -2.38. The standard InChI is InChI=1S/C23H35FSi/c1-17(2)25(18(3)4,19(5)6)13-11-20-8-7-9-22(14-20)23-15-21(16-23)10-12-24/h7-9,14,17-19,21,23H,10,12,15-16H2,1-6H3. The number of rotatable bonds is 6. The van der Waals surface area contributed by atoms with Gasteiger partial charge >= 0.3 is 0 Å². The van der Waals surface area contributed by atoms with Crippen molar-refractivity contribution < 1.29 is 4.39 Å². The Hall–Kier alpha value is -1.07. The third-order valence-corrected chi connectivity index (χ3v) is 12.7. The third-order valence-electron chi connectivity index (χ3n) is 6.40. The van der Waals surface area contributed by atoms with Crippen LogP contribution in [0.15, 0.2) is 24.3 Å². The predicted molar refractivity (Wildman–Crippen MR) is 110 cm³/mol. The number of hydrogen-bond donors (Lipinski definition) is 0. The van der Waals surface area contributed by atoms with E-state index in [1.165, 1.54) is 5.56 Å². The quantitative estimate of drug-likeness (QED) is 0.375. The van der Waals surface area contributed by atoms with E-state index in [0.29, 0.717) is 28.5 Å². The Morgan fingerprint density at radius 1 is 1.04 bits per heavy atom. The molecular weight excluding hydrogens is 323 g/mol. The lowest BCUT2D eigenvalue weighted by Crippen LogP contribution is -2.43. The molecule has 0 aliphatic heterocycles. The zero-order chi connectivity index (χ0) is 18.6. The highest BCUT2D eigenvalue weighted by Gasteiger charge is 2.41. The smallest absolute Gasteiger partial charge is 0.146 e. The Balaban J connectivity index is 2.21. The summed E-state index contributed by atoms with van der Waals surface area (Å²) < 4.78 is 12.5. The van der Waals surface area contributed by atoms with Crippen LogP contribution in [0.5, 0.6) is 0 Å². The van der Waals surface area contributed by atoms with Crippen LogP contribution in [-0.2, 0) is 0 Å². The van der Waals surface area contributed by atoms with E-state index in [9.17, 15) is 4.39 Å². The fourth-order valence-corrected chi connectivity index (χ4v) is 10.1. The zero-order valence-corrected chi connectivity index (χ0v) is 17.9. The van der Waals surface area contributed by atoms with E-state index in [4.69, 9.17) is 0 Å². The van der Waals surface area contributed by atoms with Crippen molar-refractivity contribution in [2.24, 2.45) is 5.92 Å². The number of halogens is 1. The molecule has 1 aromatic carbocycles. The highest BCUT2D eigenvalue weighted by molar-refractivity contribution is 6.90. The average molecular weight is 359 g/mol. The van der Waals surface area contributed by atoms with Crippen LogP contribution in [-0.4, -0.2) is 14.7 Å². The highest BCUT2D eigenvalue weighted by Crippen LogP contribution is 2.43. The van der Waals surface area contributed by atoms with E-state index in [0.717, 1.165) is 24.8 Å². The molecule has 0 saturated heterocycles. The molecule has 0 aromatic heterocycles. The monoisotopic (exact) mass is 358 g/mol. The molecule has 138 valence electrons. The molecule has 0 radical (unpaired) electrons. The lowest BCUT2D eigenvalue weighted by molar-refractivity contribution is 0.227. The summed E-state index contributed by atoms with van der Waals surface area (Å²) in [6.07, 6.45) is 3.02. The predicted octanol–water partition coefficient (Wildman–Crippen LogP) is 7.11. The van der Waals surface area contributed by atoms with Gasteiger partial charge in [0.15, 0.2) is 0 Å². The van der Waals surface area contributed by atoms with Crippen LogP contribution in [0.1, 0.15) is 77.8 Å². The first kappa shape index (κ1) is 20.2. The summed E-state index contributed by atoms with van der Waals surface area (Å²) >= 11 is 0. The summed E-state index contributed by atoms with van der Waals surface area (Å²) in [6.45, 7) is 14.0. The van der Waals surface area contributed by atoms with Crippen molar-refractivity contribution >= 4 is 8.07 Å². The Bertz CT molecular complexity index is 593. The van der Waals surface area contributed by atoms with Gasteiger partial charge in [0.2, 0.25) is 0 Å². The van der Waals surface area contributed by atoms with Gasteiger partial charge in [0.1, 0.15) is 8.07 Å². The number of hydrogen-bond acceptors (Lipinski definition) is 0. The van der Waals surface area contributed by atoms with E-state index < -0.39 is 8.07 Å². The molecule has 1 aliphatic carbocycles. The normalized spacial score (nSPS) is 20.6. The van der Waals surface area contributed by atoms with Crippen LogP contribution >= 0.6 is 0 Å². The molecule has 0 nitrogen and oxygen atoms in total. The SMILES string of the molecule is CC(C)[Si](C#Cc1cccc(C2CC(CCF)C2)c1)(C(C)C)C(C)C. The second kappa shape index (κ2) is 8.54. The highest BCUT2D eigenvalue weighted by atomic mass is 28.3. The van der Waals surface area contributed by atoms with E-state index in [1.54, 1.807) is 0 Å². The second-order valence-corrected chi connectivity index (χ2v) is 14.4. The molecule has 0 N–H and O–H groups in total. The van der Waals surface area contributed by atoms with Crippen molar-refractivity contribution in [1.29, 1.82) is 0 Å². The summed E-state index contributed by atoms with van der Waals surface area (Å²) in [6, 6.07) is 8.79. The van der Waals surface area contributed by atoms with Gasteiger partial charge in [0.25, 0.3) is 0 Å². The molecule has 2 heteroatoms. The van der Waals surface area contributed by atoms with Gasteiger partial charge in [-0.05, 0) is 65.4 Å². The minimum Gasteiger partial charge on any atom is -0.251 e. The third kappa shape index (κ3) is 4.37.